The van der Waals surface area contributed by atoms with Crippen molar-refractivity contribution < 1.29 is 9.84 Å². The lowest BCUT2D eigenvalue weighted by molar-refractivity contribution is 0.0927. The maximum atomic E-state index is 10.5. The van der Waals surface area contributed by atoms with Gasteiger partial charge in [-0.15, -0.1) is 0 Å². The summed E-state index contributed by atoms with van der Waals surface area (Å²) in [6, 6.07) is 16.3. The second kappa shape index (κ2) is 7.12. The van der Waals surface area contributed by atoms with E-state index < -0.39 is 6.10 Å². The van der Waals surface area contributed by atoms with E-state index in [2.05, 4.69) is 36.6 Å². The average Bonchev–Trinajstić information content (AvgIpc) is 3.43. The first-order valence-electron chi connectivity index (χ1n) is 9.48. The maximum Gasteiger partial charge on any atom is 0.119 e. The molecule has 3 aromatic rings. The molecule has 1 atom stereocenters. The molecule has 1 aliphatic rings. The molecule has 4 heteroatoms. The number of aliphatic hydroxyl groups excluding tert-OH is 1. The van der Waals surface area contributed by atoms with Crippen molar-refractivity contribution in [3.63, 3.8) is 0 Å². The van der Waals surface area contributed by atoms with E-state index in [4.69, 9.17) is 9.72 Å². The summed E-state index contributed by atoms with van der Waals surface area (Å²) >= 11 is 0. The van der Waals surface area contributed by atoms with Gasteiger partial charge in [0, 0.05) is 5.92 Å². The van der Waals surface area contributed by atoms with Gasteiger partial charge in [-0.1, -0.05) is 38.1 Å². The summed E-state index contributed by atoms with van der Waals surface area (Å²) in [7, 11) is 0. The largest absolute Gasteiger partial charge is 0.491 e. The van der Waals surface area contributed by atoms with Crippen LogP contribution in [0.2, 0.25) is 0 Å². The van der Waals surface area contributed by atoms with Crippen LogP contribution in [0.4, 0.5) is 0 Å². The van der Waals surface area contributed by atoms with Crippen molar-refractivity contribution in [2.45, 2.75) is 51.2 Å². The minimum atomic E-state index is -0.574. The summed E-state index contributed by atoms with van der Waals surface area (Å²) < 4.78 is 7.97. The summed E-state index contributed by atoms with van der Waals surface area (Å²) in [5.41, 5.74) is 3.39. The number of aromatic nitrogens is 2. The van der Waals surface area contributed by atoms with Crippen LogP contribution < -0.4 is 4.74 Å². The van der Waals surface area contributed by atoms with Crippen molar-refractivity contribution in [1.82, 2.24) is 9.55 Å². The van der Waals surface area contributed by atoms with Crippen LogP contribution >= 0.6 is 0 Å². The second-order valence-electron chi connectivity index (χ2n) is 7.53. The van der Waals surface area contributed by atoms with Crippen molar-refractivity contribution in [3.05, 3.63) is 59.9 Å². The number of fused-ring (bicyclic) bond motifs is 1. The Kier molecular flexibility index (Phi) is 4.68. The highest BCUT2D eigenvalue weighted by Crippen LogP contribution is 2.40. The van der Waals surface area contributed by atoms with E-state index in [0.29, 0.717) is 18.4 Å². The topological polar surface area (TPSA) is 47.3 Å². The zero-order chi connectivity index (χ0) is 18.1. The number of hydrogen-bond donors (Lipinski definition) is 1. The minimum absolute atomic E-state index is 0.275. The molecule has 0 saturated heterocycles. The third-order valence-electron chi connectivity index (χ3n) is 5.01. The molecule has 4 rings (SSSR count). The van der Waals surface area contributed by atoms with E-state index in [1.165, 1.54) is 18.4 Å². The van der Waals surface area contributed by atoms with Crippen LogP contribution in [0.1, 0.15) is 49.9 Å². The molecular formula is C22H26N2O2. The molecule has 1 N–H and O–H groups in total. The molecule has 2 aromatic carbocycles. The first kappa shape index (κ1) is 17.1. The predicted octanol–water partition coefficient (Wildman–Crippen LogP) is 4.48. The van der Waals surface area contributed by atoms with Gasteiger partial charge in [0.2, 0.25) is 0 Å². The lowest BCUT2D eigenvalue weighted by atomic mass is 10.0. The molecule has 1 fully saturated rings. The van der Waals surface area contributed by atoms with Crippen LogP contribution in [-0.4, -0.2) is 27.4 Å². The molecule has 1 saturated carbocycles. The summed E-state index contributed by atoms with van der Waals surface area (Å²) in [4.78, 5) is 4.78. The Morgan fingerprint density at radius 2 is 1.85 bits per heavy atom. The molecule has 136 valence electrons. The number of hydrogen-bond acceptors (Lipinski definition) is 3. The number of nitrogens with zero attached hydrogens (tertiary/aromatic N) is 2. The van der Waals surface area contributed by atoms with Crippen LogP contribution in [-0.2, 0) is 6.54 Å². The molecule has 1 aromatic heterocycles. The molecule has 26 heavy (non-hydrogen) atoms. The highest BCUT2D eigenvalue weighted by atomic mass is 16.5. The first-order chi connectivity index (χ1) is 12.6. The number of imidazole rings is 1. The molecule has 0 aliphatic heterocycles. The molecular weight excluding hydrogens is 324 g/mol. The van der Waals surface area contributed by atoms with E-state index in [-0.39, 0.29) is 6.61 Å². The Hall–Kier alpha value is -2.33. The normalized spacial score (nSPS) is 15.5. The SMILES string of the molecule is CC(C)c1ccc(OC[C@@H](O)Cn2c(C3CC3)nc3ccccc32)cc1. The maximum absolute atomic E-state index is 10.5. The molecule has 0 bridgehead atoms. The van der Waals surface area contributed by atoms with Gasteiger partial charge in [-0.2, -0.15) is 0 Å². The summed E-state index contributed by atoms with van der Waals surface area (Å²) in [6.45, 7) is 5.13. The van der Waals surface area contributed by atoms with Gasteiger partial charge >= 0.3 is 0 Å². The van der Waals surface area contributed by atoms with Gasteiger partial charge in [-0.05, 0) is 48.6 Å². The average molecular weight is 350 g/mol. The lowest BCUT2D eigenvalue weighted by Gasteiger charge is -2.16. The van der Waals surface area contributed by atoms with Crippen molar-refractivity contribution in [3.8, 4) is 5.75 Å². The number of para-hydroxylation sites is 2. The molecule has 0 radical (unpaired) electrons. The van der Waals surface area contributed by atoms with Crippen molar-refractivity contribution in [2.24, 2.45) is 0 Å². The summed E-state index contributed by atoms with van der Waals surface area (Å²) in [6.07, 6.45) is 1.81. The molecule has 1 heterocycles. The van der Waals surface area contributed by atoms with Crippen LogP contribution in [0.3, 0.4) is 0 Å². The fourth-order valence-corrected chi connectivity index (χ4v) is 3.34. The molecule has 0 amide bonds. The number of benzene rings is 2. The van der Waals surface area contributed by atoms with E-state index in [9.17, 15) is 5.11 Å². The fourth-order valence-electron chi connectivity index (χ4n) is 3.34. The van der Waals surface area contributed by atoms with Gasteiger partial charge in [0.05, 0.1) is 17.6 Å². The van der Waals surface area contributed by atoms with Gasteiger partial charge in [0.15, 0.2) is 0 Å². The van der Waals surface area contributed by atoms with Crippen LogP contribution in [0.25, 0.3) is 11.0 Å². The van der Waals surface area contributed by atoms with Gasteiger partial charge in [0.25, 0.3) is 0 Å². The zero-order valence-corrected chi connectivity index (χ0v) is 15.4. The standard InChI is InChI=1S/C22H26N2O2/c1-15(2)16-9-11-19(12-10-16)26-14-18(25)13-24-21-6-4-3-5-20(21)23-22(24)17-7-8-17/h3-6,9-12,15,17-18,25H,7-8,13-14H2,1-2H3/t18-/m0/s1. The van der Waals surface area contributed by atoms with E-state index >= 15 is 0 Å². The third kappa shape index (κ3) is 3.61. The summed E-state index contributed by atoms with van der Waals surface area (Å²) in [5, 5.41) is 10.5. The van der Waals surface area contributed by atoms with Crippen LogP contribution in [0, 0.1) is 0 Å². The van der Waals surface area contributed by atoms with E-state index in [0.717, 1.165) is 22.6 Å². The Morgan fingerprint density at radius 1 is 1.12 bits per heavy atom. The Labute approximate surface area is 154 Å². The monoisotopic (exact) mass is 350 g/mol. The molecule has 0 spiro atoms. The van der Waals surface area contributed by atoms with Crippen LogP contribution in [0.5, 0.6) is 5.75 Å². The number of aliphatic hydroxyl groups is 1. The van der Waals surface area contributed by atoms with E-state index in [1.807, 2.05) is 30.3 Å². The minimum Gasteiger partial charge on any atom is -0.491 e. The van der Waals surface area contributed by atoms with Crippen LogP contribution in [0.15, 0.2) is 48.5 Å². The third-order valence-corrected chi connectivity index (χ3v) is 5.01. The van der Waals surface area contributed by atoms with Gasteiger partial charge in [-0.3, -0.25) is 0 Å². The smallest absolute Gasteiger partial charge is 0.119 e. The highest BCUT2D eigenvalue weighted by Gasteiger charge is 2.30. The highest BCUT2D eigenvalue weighted by molar-refractivity contribution is 5.76. The molecule has 0 unspecified atom stereocenters. The van der Waals surface area contributed by atoms with Gasteiger partial charge < -0.3 is 14.4 Å². The van der Waals surface area contributed by atoms with Gasteiger partial charge in [0.1, 0.15) is 24.3 Å². The van der Waals surface area contributed by atoms with Gasteiger partial charge in [-0.25, -0.2) is 4.98 Å². The predicted molar refractivity (Wildman–Crippen MR) is 104 cm³/mol. The lowest BCUT2D eigenvalue weighted by Crippen LogP contribution is -2.24. The second-order valence-corrected chi connectivity index (χ2v) is 7.53. The number of rotatable bonds is 7. The quantitative estimate of drug-likeness (QED) is 0.683. The zero-order valence-electron chi connectivity index (χ0n) is 15.4. The number of ether oxygens (including phenoxy) is 1. The van der Waals surface area contributed by atoms with Crippen molar-refractivity contribution in [1.29, 1.82) is 0 Å². The first-order valence-corrected chi connectivity index (χ1v) is 9.48. The van der Waals surface area contributed by atoms with Crippen molar-refractivity contribution >= 4 is 11.0 Å². The van der Waals surface area contributed by atoms with E-state index in [1.54, 1.807) is 0 Å². The Morgan fingerprint density at radius 3 is 2.54 bits per heavy atom. The van der Waals surface area contributed by atoms with Crippen molar-refractivity contribution in [2.75, 3.05) is 6.61 Å². The molecule has 4 nitrogen and oxygen atoms in total. The Balaban J connectivity index is 1.44. The fraction of sp³-hybridized carbons (Fsp3) is 0.409. The molecule has 1 aliphatic carbocycles. The Bertz CT molecular complexity index is 879. The summed E-state index contributed by atoms with van der Waals surface area (Å²) in [5.74, 6) is 2.95.